The van der Waals surface area contributed by atoms with Crippen LogP contribution in [0, 0.1) is 5.92 Å². The molecule has 1 aromatic rings. The van der Waals surface area contributed by atoms with Crippen molar-refractivity contribution < 1.29 is 4.79 Å². The number of amides is 1. The van der Waals surface area contributed by atoms with Crippen molar-refractivity contribution in [2.75, 3.05) is 13.1 Å². The molecule has 1 aromatic carbocycles. The predicted octanol–water partition coefficient (Wildman–Crippen LogP) is 4.71. The first kappa shape index (κ1) is 18.7. The Morgan fingerprint density at radius 2 is 1.65 bits per heavy atom. The van der Waals surface area contributed by atoms with Crippen LogP contribution in [0.25, 0.3) is 0 Å². The molecule has 0 heterocycles. The van der Waals surface area contributed by atoms with Crippen molar-refractivity contribution >= 4 is 5.91 Å². The molecule has 2 nitrogen and oxygen atoms in total. The summed E-state index contributed by atoms with van der Waals surface area (Å²) in [4.78, 5) is 14.4. The minimum Gasteiger partial charge on any atom is -0.342 e. The number of likely N-dealkylation sites (N-methyl/N-ethyl adjacent to an activating group) is 1. The molecule has 0 aliphatic heterocycles. The Balaban J connectivity index is 0.00000172. The van der Waals surface area contributed by atoms with E-state index in [1.807, 2.05) is 56.0 Å². The molecule has 0 aromatic heterocycles. The molecule has 0 radical (unpaired) electrons. The maximum absolute atomic E-state index is 12.5. The average molecular weight is 277 g/mol. The smallest absolute Gasteiger partial charge is 0.229 e. The lowest BCUT2D eigenvalue weighted by molar-refractivity contribution is -0.132. The van der Waals surface area contributed by atoms with E-state index in [0.29, 0.717) is 5.92 Å². The fourth-order valence-corrected chi connectivity index (χ4v) is 2.04. The fourth-order valence-electron chi connectivity index (χ4n) is 2.04. The molecule has 0 N–H and O–H groups in total. The molecule has 0 bridgehead atoms. The van der Waals surface area contributed by atoms with Crippen molar-refractivity contribution in [1.82, 2.24) is 4.90 Å². The Labute approximate surface area is 125 Å². The highest BCUT2D eigenvalue weighted by Gasteiger charge is 2.21. The summed E-state index contributed by atoms with van der Waals surface area (Å²) < 4.78 is 0. The second kappa shape index (κ2) is 10.5. The van der Waals surface area contributed by atoms with Crippen LogP contribution in [-0.4, -0.2) is 23.9 Å². The van der Waals surface area contributed by atoms with Crippen LogP contribution in [-0.2, 0) is 4.79 Å². The van der Waals surface area contributed by atoms with Gasteiger partial charge in [-0.05, 0) is 25.3 Å². The van der Waals surface area contributed by atoms with E-state index in [2.05, 4.69) is 20.8 Å². The number of benzene rings is 1. The average Bonchev–Trinajstić information content (AvgIpc) is 2.53. The maximum atomic E-state index is 12.5. The van der Waals surface area contributed by atoms with Gasteiger partial charge in [0.1, 0.15) is 0 Å². The standard InChI is InChI=1S/C16H25NO.C2H6/c1-5-13(3)12-17(6-2)16(18)14(4)15-10-8-7-9-11-15;1-2/h7-11,13-14H,5-6,12H2,1-4H3;1-2H3. The van der Waals surface area contributed by atoms with Crippen molar-refractivity contribution in [3.05, 3.63) is 35.9 Å². The topological polar surface area (TPSA) is 20.3 Å². The van der Waals surface area contributed by atoms with Crippen LogP contribution in [0.5, 0.6) is 0 Å². The first-order valence-electron chi connectivity index (χ1n) is 7.93. The van der Waals surface area contributed by atoms with Gasteiger partial charge in [0.15, 0.2) is 0 Å². The summed E-state index contributed by atoms with van der Waals surface area (Å²) in [5.41, 5.74) is 1.10. The largest absolute Gasteiger partial charge is 0.342 e. The molecule has 0 saturated heterocycles. The molecule has 0 fully saturated rings. The van der Waals surface area contributed by atoms with E-state index in [4.69, 9.17) is 0 Å². The molecule has 2 heteroatoms. The Morgan fingerprint density at radius 3 is 2.10 bits per heavy atom. The van der Waals surface area contributed by atoms with Crippen molar-refractivity contribution in [3.8, 4) is 0 Å². The van der Waals surface area contributed by atoms with Crippen LogP contribution in [0.3, 0.4) is 0 Å². The lowest BCUT2D eigenvalue weighted by Gasteiger charge is -2.27. The number of rotatable bonds is 6. The van der Waals surface area contributed by atoms with Gasteiger partial charge < -0.3 is 4.90 Å². The molecule has 1 rings (SSSR count). The van der Waals surface area contributed by atoms with E-state index in [1.54, 1.807) is 0 Å². The first-order valence-corrected chi connectivity index (χ1v) is 7.93. The fraction of sp³-hybridized carbons (Fsp3) is 0.611. The molecule has 2 atom stereocenters. The minimum absolute atomic E-state index is 0.0461. The summed E-state index contributed by atoms with van der Waals surface area (Å²) in [6.45, 7) is 14.1. The Kier molecular flexibility index (Phi) is 9.79. The molecule has 0 spiro atoms. The zero-order chi connectivity index (χ0) is 15.5. The Morgan fingerprint density at radius 1 is 1.10 bits per heavy atom. The van der Waals surface area contributed by atoms with E-state index < -0.39 is 0 Å². The summed E-state index contributed by atoms with van der Waals surface area (Å²) in [6.07, 6.45) is 1.11. The molecule has 1 amide bonds. The van der Waals surface area contributed by atoms with Crippen LogP contribution in [0.15, 0.2) is 30.3 Å². The van der Waals surface area contributed by atoms with Crippen LogP contribution >= 0.6 is 0 Å². The van der Waals surface area contributed by atoms with Crippen molar-refractivity contribution in [2.45, 2.75) is 53.9 Å². The third-order valence-corrected chi connectivity index (χ3v) is 3.59. The number of nitrogens with zero attached hydrogens (tertiary/aromatic N) is 1. The molecule has 0 aliphatic rings. The van der Waals surface area contributed by atoms with Crippen molar-refractivity contribution in [2.24, 2.45) is 5.92 Å². The molecular weight excluding hydrogens is 246 g/mol. The van der Waals surface area contributed by atoms with Crippen molar-refractivity contribution in [1.29, 1.82) is 0 Å². The minimum atomic E-state index is -0.0461. The van der Waals surface area contributed by atoms with Gasteiger partial charge in [-0.25, -0.2) is 0 Å². The summed E-state index contributed by atoms with van der Waals surface area (Å²) in [5.74, 6) is 0.760. The number of hydrogen-bond donors (Lipinski definition) is 0. The number of carbonyl (C=O) groups excluding carboxylic acids is 1. The van der Waals surface area contributed by atoms with E-state index in [1.165, 1.54) is 0 Å². The van der Waals surface area contributed by atoms with Crippen LogP contribution in [0.1, 0.15) is 59.4 Å². The third-order valence-electron chi connectivity index (χ3n) is 3.59. The molecule has 20 heavy (non-hydrogen) atoms. The quantitative estimate of drug-likeness (QED) is 0.737. The van der Waals surface area contributed by atoms with Gasteiger partial charge in [-0.3, -0.25) is 4.79 Å². The van der Waals surface area contributed by atoms with Crippen LogP contribution in [0.4, 0.5) is 0 Å². The number of hydrogen-bond acceptors (Lipinski definition) is 1. The van der Waals surface area contributed by atoms with E-state index >= 15 is 0 Å². The monoisotopic (exact) mass is 277 g/mol. The van der Waals surface area contributed by atoms with Gasteiger partial charge in [0, 0.05) is 13.1 Å². The maximum Gasteiger partial charge on any atom is 0.229 e. The summed E-state index contributed by atoms with van der Waals surface area (Å²) >= 11 is 0. The van der Waals surface area contributed by atoms with Gasteiger partial charge in [-0.15, -0.1) is 0 Å². The summed E-state index contributed by atoms with van der Waals surface area (Å²) in [5, 5.41) is 0. The zero-order valence-electron chi connectivity index (χ0n) is 14.0. The Hall–Kier alpha value is -1.31. The normalized spacial score (nSPS) is 12.9. The van der Waals surface area contributed by atoms with Crippen LogP contribution < -0.4 is 0 Å². The third kappa shape index (κ3) is 5.77. The highest BCUT2D eigenvalue weighted by atomic mass is 16.2. The molecule has 0 aliphatic carbocycles. The van der Waals surface area contributed by atoms with Gasteiger partial charge >= 0.3 is 0 Å². The number of carbonyl (C=O) groups is 1. The van der Waals surface area contributed by atoms with Crippen LogP contribution in [0.2, 0.25) is 0 Å². The zero-order valence-corrected chi connectivity index (χ0v) is 14.0. The second-order valence-corrected chi connectivity index (χ2v) is 5.02. The highest BCUT2D eigenvalue weighted by Crippen LogP contribution is 2.18. The molecule has 2 unspecified atom stereocenters. The SMILES string of the molecule is CC.CCC(C)CN(CC)C(=O)C(C)c1ccccc1. The van der Waals surface area contributed by atoms with E-state index in [0.717, 1.165) is 25.1 Å². The predicted molar refractivity (Wildman–Crippen MR) is 87.9 cm³/mol. The lowest BCUT2D eigenvalue weighted by Crippen LogP contribution is -2.37. The van der Waals surface area contributed by atoms with Gasteiger partial charge in [0.05, 0.1) is 5.92 Å². The highest BCUT2D eigenvalue weighted by molar-refractivity contribution is 5.83. The van der Waals surface area contributed by atoms with Gasteiger partial charge in [0.25, 0.3) is 0 Å². The van der Waals surface area contributed by atoms with Crippen molar-refractivity contribution in [3.63, 3.8) is 0 Å². The van der Waals surface area contributed by atoms with Gasteiger partial charge in [-0.2, -0.15) is 0 Å². The Bertz CT molecular complexity index is 361. The summed E-state index contributed by atoms with van der Waals surface area (Å²) in [6, 6.07) is 10.0. The molecule has 114 valence electrons. The van der Waals surface area contributed by atoms with Gasteiger partial charge in [0.2, 0.25) is 5.91 Å². The molecular formula is C18H31NO. The summed E-state index contributed by atoms with van der Waals surface area (Å²) in [7, 11) is 0. The van der Waals surface area contributed by atoms with Gasteiger partial charge in [-0.1, -0.05) is 64.4 Å². The van der Waals surface area contributed by atoms with E-state index in [-0.39, 0.29) is 11.8 Å². The first-order chi connectivity index (χ1) is 9.60. The lowest BCUT2D eigenvalue weighted by atomic mass is 9.99. The van der Waals surface area contributed by atoms with E-state index in [9.17, 15) is 4.79 Å². The second-order valence-electron chi connectivity index (χ2n) is 5.02. The molecule has 0 saturated carbocycles.